The normalized spacial score (nSPS) is 37.4. The monoisotopic (exact) mass is 283 g/mol. The number of aliphatic hydroxyl groups is 1. The highest BCUT2D eigenvalue weighted by Gasteiger charge is 2.43. The Hall–Kier alpha value is -0.120. The van der Waals surface area contributed by atoms with Crippen molar-refractivity contribution in [2.75, 3.05) is 19.7 Å². The lowest BCUT2D eigenvalue weighted by Crippen LogP contribution is -2.59. The molecule has 0 aromatic carbocycles. The van der Waals surface area contributed by atoms with Crippen LogP contribution >= 0.6 is 0 Å². The number of hydrogen-bond acceptors (Lipinski definition) is 3. The molecular formula is C17H33NO2. The average molecular weight is 283 g/mol. The summed E-state index contributed by atoms with van der Waals surface area (Å²) in [7, 11) is 0. The lowest BCUT2D eigenvalue weighted by Gasteiger charge is -2.51. The smallest absolute Gasteiger partial charge is 0.0725 e. The van der Waals surface area contributed by atoms with Gasteiger partial charge in [0.25, 0.3) is 0 Å². The van der Waals surface area contributed by atoms with E-state index in [-0.39, 0.29) is 11.6 Å². The Kier molecular flexibility index (Phi) is 5.14. The van der Waals surface area contributed by atoms with Gasteiger partial charge >= 0.3 is 0 Å². The van der Waals surface area contributed by atoms with Gasteiger partial charge in [-0.3, -0.25) is 4.90 Å². The minimum absolute atomic E-state index is 0.0659. The van der Waals surface area contributed by atoms with Gasteiger partial charge in [0.05, 0.1) is 18.8 Å². The van der Waals surface area contributed by atoms with Crippen LogP contribution in [0.3, 0.4) is 0 Å². The van der Waals surface area contributed by atoms with E-state index in [0.29, 0.717) is 23.9 Å². The van der Waals surface area contributed by atoms with E-state index in [2.05, 4.69) is 39.5 Å². The van der Waals surface area contributed by atoms with Gasteiger partial charge < -0.3 is 9.84 Å². The molecular weight excluding hydrogens is 250 g/mol. The van der Waals surface area contributed by atoms with E-state index in [0.717, 1.165) is 32.5 Å². The van der Waals surface area contributed by atoms with Gasteiger partial charge in [-0.25, -0.2) is 0 Å². The van der Waals surface area contributed by atoms with Gasteiger partial charge in [0, 0.05) is 24.5 Å². The van der Waals surface area contributed by atoms with Crippen LogP contribution in [0.15, 0.2) is 0 Å². The molecule has 0 radical (unpaired) electrons. The lowest BCUT2D eigenvalue weighted by atomic mass is 9.71. The summed E-state index contributed by atoms with van der Waals surface area (Å²) >= 11 is 0. The van der Waals surface area contributed by atoms with E-state index in [1.165, 1.54) is 6.42 Å². The Balaban J connectivity index is 2.05. The molecule has 1 saturated heterocycles. The summed E-state index contributed by atoms with van der Waals surface area (Å²) < 4.78 is 5.89. The van der Waals surface area contributed by atoms with Crippen molar-refractivity contribution in [1.82, 2.24) is 4.90 Å². The van der Waals surface area contributed by atoms with Crippen molar-refractivity contribution >= 4 is 0 Å². The number of rotatable bonds is 3. The molecule has 0 bridgehead atoms. The van der Waals surface area contributed by atoms with E-state index >= 15 is 0 Å². The first-order valence-electron chi connectivity index (χ1n) is 8.37. The molecule has 1 N–H and O–H groups in total. The van der Waals surface area contributed by atoms with Crippen molar-refractivity contribution in [3.8, 4) is 0 Å². The Bertz CT molecular complexity index is 316. The molecule has 3 heteroatoms. The number of aliphatic hydroxyl groups excluding tert-OH is 1. The van der Waals surface area contributed by atoms with Crippen molar-refractivity contribution in [2.24, 2.45) is 17.8 Å². The summed E-state index contributed by atoms with van der Waals surface area (Å²) in [5, 5.41) is 10.5. The van der Waals surface area contributed by atoms with Crippen molar-refractivity contribution < 1.29 is 9.84 Å². The fraction of sp³-hybridized carbons (Fsp3) is 1.00. The summed E-state index contributed by atoms with van der Waals surface area (Å²) in [6.45, 7) is 14.2. The highest BCUT2D eigenvalue weighted by molar-refractivity contribution is 4.96. The number of ether oxygens (including phenoxy) is 1. The zero-order valence-corrected chi connectivity index (χ0v) is 13.9. The SMILES string of the molecule is CC(C)[C@@H]1CN(C(C)(C)[C@@H]2CC[C@@H](C)C[C@H]2O)CCO1. The minimum Gasteiger partial charge on any atom is -0.393 e. The van der Waals surface area contributed by atoms with Crippen molar-refractivity contribution in [3.63, 3.8) is 0 Å². The van der Waals surface area contributed by atoms with Gasteiger partial charge in [-0.05, 0) is 38.5 Å². The minimum atomic E-state index is -0.144. The Morgan fingerprint density at radius 3 is 2.55 bits per heavy atom. The molecule has 0 unspecified atom stereocenters. The van der Waals surface area contributed by atoms with E-state index in [9.17, 15) is 5.11 Å². The summed E-state index contributed by atoms with van der Waals surface area (Å²) in [6.07, 6.45) is 3.56. The van der Waals surface area contributed by atoms with Crippen molar-refractivity contribution in [2.45, 2.75) is 71.6 Å². The first-order chi connectivity index (χ1) is 9.32. The van der Waals surface area contributed by atoms with E-state index in [1.54, 1.807) is 0 Å². The predicted octanol–water partition coefficient (Wildman–Crippen LogP) is 2.92. The van der Waals surface area contributed by atoms with Crippen LogP contribution in [0.4, 0.5) is 0 Å². The average Bonchev–Trinajstić information content (AvgIpc) is 2.38. The molecule has 20 heavy (non-hydrogen) atoms. The molecule has 4 atom stereocenters. The third-order valence-electron chi connectivity index (χ3n) is 5.64. The molecule has 118 valence electrons. The maximum atomic E-state index is 10.5. The number of morpholine rings is 1. The molecule has 1 aliphatic carbocycles. The molecule has 0 aromatic rings. The van der Waals surface area contributed by atoms with Gasteiger partial charge in [-0.15, -0.1) is 0 Å². The van der Waals surface area contributed by atoms with E-state index < -0.39 is 0 Å². The van der Waals surface area contributed by atoms with E-state index in [1.807, 2.05) is 0 Å². The third kappa shape index (κ3) is 3.37. The van der Waals surface area contributed by atoms with Crippen LogP contribution in [0.5, 0.6) is 0 Å². The summed E-state index contributed by atoms with van der Waals surface area (Å²) in [5.74, 6) is 1.62. The van der Waals surface area contributed by atoms with Gasteiger partial charge in [-0.2, -0.15) is 0 Å². The molecule has 3 nitrogen and oxygen atoms in total. The molecule has 1 saturated carbocycles. The highest BCUT2D eigenvalue weighted by atomic mass is 16.5. The fourth-order valence-electron chi connectivity index (χ4n) is 4.01. The Morgan fingerprint density at radius 2 is 1.95 bits per heavy atom. The second-order valence-electron chi connectivity index (χ2n) is 7.85. The second-order valence-corrected chi connectivity index (χ2v) is 7.85. The highest BCUT2D eigenvalue weighted by Crippen LogP contribution is 2.39. The first-order valence-corrected chi connectivity index (χ1v) is 8.37. The molecule has 2 aliphatic rings. The Labute approximate surface area is 124 Å². The lowest BCUT2D eigenvalue weighted by molar-refractivity contribution is -0.113. The molecule has 0 aromatic heterocycles. The van der Waals surface area contributed by atoms with Crippen LogP contribution in [0.1, 0.15) is 53.9 Å². The maximum absolute atomic E-state index is 10.5. The van der Waals surface area contributed by atoms with Crippen LogP contribution in [0.25, 0.3) is 0 Å². The summed E-state index contributed by atoms with van der Waals surface area (Å²) in [4.78, 5) is 2.56. The first kappa shape index (κ1) is 16.3. The standard InChI is InChI=1S/C17H33NO2/c1-12(2)16-11-18(8-9-20-16)17(4,5)14-7-6-13(3)10-15(14)19/h12-16,19H,6-11H2,1-5H3/t13-,14-,15-,16+/m1/s1. The fourth-order valence-corrected chi connectivity index (χ4v) is 4.01. The van der Waals surface area contributed by atoms with Gasteiger partial charge in [0.15, 0.2) is 0 Å². The number of nitrogens with zero attached hydrogens (tertiary/aromatic N) is 1. The van der Waals surface area contributed by atoms with Gasteiger partial charge in [0.2, 0.25) is 0 Å². The quantitative estimate of drug-likeness (QED) is 0.864. The van der Waals surface area contributed by atoms with Gasteiger partial charge in [0.1, 0.15) is 0 Å². The molecule has 1 aliphatic heterocycles. The third-order valence-corrected chi connectivity index (χ3v) is 5.64. The van der Waals surface area contributed by atoms with Crippen molar-refractivity contribution in [1.29, 1.82) is 0 Å². The van der Waals surface area contributed by atoms with E-state index in [4.69, 9.17) is 4.74 Å². The summed E-state index contributed by atoms with van der Waals surface area (Å²) in [6, 6.07) is 0. The van der Waals surface area contributed by atoms with Gasteiger partial charge in [-0.1, -0.05) is 27.2 Å². The zero-order chi connectivity index (χ0) is 14.9. The Morgan fingerprint density at radius 1 is 1.25 bits per heavy atom. The van der Waals surface area contributed by atoms with Crippen LogP contribution in [0, 0.1) is 17.8 Å². The van der Waals surface area contributed by atoms with Crippen molar-refractivity contribution in [3.05, 3.63) is 0 Å². The molecule has 0 spiro atoms. The van der Waals surface area contributed by atoms with Crippen LogP contribution in [-0.2, 0) is 4.74 Å². The predicted molar refractivity (Wildman–Crippen MR) is 82.7 cm³/mol. The largest absolute Gasteiger partial charge is 0.393 e. The molecule has 0 amide bonds. The van der Waals surface area contributed by atoms with Crippen LogP contribution in [-0.4, -0.2) is 47.4 Å². The zero-order valence-electron chi connectivity index (χ0n) is 13.9. The number of hydrogen-bond donors (Lipinski definition) is 1. The topological polar surface area (TPSA) is 32.7 Å². The summed E-state index contributed by atoms with van der Waals surface area (Å²) in [5.41, 5.74) is 0.0659. The molecule has 2 fully saturated rings. The van der Waals surface area contributed by atoms with Crippen LogP contribution in [0.2, 0.25) is 0 Å². The maximum Gasteiger partial charge on any atom is 0.0725 e. The van der Waals surface area contributed by atoms with Crippen LogP contribution < -0.4 is 0 Å². The molecule has 2 rings (SSSR count). The second kappa shape index (κ2) is 6.33. The molecule has 1 heterocycles.